The predicted molar refractivity (Wildman–Crippen MR) is 97.8 cm³/mol. The van der Waals surface area contributed by atoms with E-state index in [1.54, 1.807) is 0 Å². The SMILES string of the molecule is CCCCCCCCCCC(OCC(O)CNCCO)C(=O)O.Cl. The first kappa shape index (κ1) is 25.8. The lowest BCUT2D eigenvalue weighted by molar-refractivity contribution is -0.152. The number of unbranched alkanes of at least 4 members (excludes halogenated alkanes) is 7. The maximum atomic E-state index is 11.2. The van der Waals surface area contributed by atoms with Gasteiger partial charge in [-0.15, -0.1) is 12.4 Å². The fourth-order valence-corrected chi connectivity index (χ4v) is 2.38. The lowest BCUT2D eigenvalue weighted by Gasteiger charge is -2.17. The second-order valence-electron chi connectivity index (χ2n) is 6.01. The molecule has 0 fully saturated rings. The van der Waals surface area contributed by atoms with Gasteiger partial charge in [-0.05, 0) is 6.42 Å². The number of nitrogens with one attached hydrogen (secondary N) is 1. The van der Waals surface area contributed by atoms with Gasteiger partial charge < -0.3 is 25.4 Å². The molecule has 2 unspecified atom stereocenters. The Morgan fingerprint density at radius 1 is 1.08 bits per heavy atom. The molecule has 0 amide bonds. The van der Waals surface area contributed by atoms with Crippen LogP contribution in [0.15, 0.2) is 0 Å². The number of ether oxygens (including phenoxy) is 1. The number of hydrogen-bond donors (Lipinski definition) is 4. The summed E-state index contributed by atoms with van der Waals surface area (Å²) in [5.74, 6) is -0.969. The van der Waals surface area contributed by atoms with Crippen LogP contribution >= 0.6 is 12.4 Å². The highest BCUT2D eigenvalue weighted by Gasteiger charge is 2.19. The van der Waals surface area contributed by atoms with E-state index in [2.05, 4.69) is 12.2 Å². The summed E-state index contributed by atoms with van der Waals surface area (Å²) in [7, 11) is 0. The van der Waals surface area contributed by atoms with E-state index in [-0.39, 0.29) is 32.2 Å². The first-order valence-electron chi connectivity index (χ1n) is 8.95. The molecule has 0 aliphatic carbocycles. The molecule has 7 heteroatoms. The molecule has 0 rings (SSSR count). The van der Waals surface area contributed by atoms with Crippen LogP contribution in [0.1, 0.15) is 64.7 Å². The largest absolute Gasteiger partial charge is 0.479 e. The molecular formula is C17H36ClNO5. The molecule has 0 saturated carbocycles. The summed E-state index contributed by atoms with van der Waals surface area (Å²) in [6.45, 7) is 2.88. The standard InChI is InChI=1S/C17H35NO5.ClH/c1-2-3-4-5-6-7-8-9-10-16(17(21)22)23-14-15(20)13-18-11-12-19;/h15-16,18-20H,2-14H2,1H3,(H,21,22);1H. The zero-order valence-corrected chi connectivity index (χ0v) is 15.7. The molecule has 0 heterocycles. The van der Waals surface area contributed by atoms with Gasteiger partial charge in [-0.2, -0.15) is 0 Å². The summed E-state index contributed by atoms with van der Waals surface area (Å²) in [4.78, 5) is 11.2. The summed E-state index contributed by atoms with van der Waals surface area (Å²) in [6.07, 6.45) is 8.20. The third-order valence-corrected chi connectivity index (χ3v) is 3.75. The van der Waals surface area contributed by atoms with Crippen LogP contribution < -0.4 is 5.32 Å². The molecule has 0 aromatic heterocycles. The van der Waals surface area contributed by atoms with Gasteiger partial charge in [0.15, 0.2) is 6.10 Å². The summed E-state index contributed by atoms with van der Waals surface area (Å²) in [5, 5.41) is 30.3. The Morgan fingerprint density at radius 2 is 1.67 bits per heavy atom. The van der Waals surface area contributed by atoms with Gasteiger partial charge in [-0.25, -0.2) is 4.79 Å². The highest BCUT2D eigenvalue weighted by atomic mass is 35.5. The molecule has 24 heavy (non-hydrogen) atoms. The van der Waals surface area contributed by atoms with Crippen molar-refractivity contribution in [2.24, 2.45) is 0 Å². The number of carboxylic acids is 1. The molecule has 0 aromatic rings. The molecule has 0 aromatic carbocycles. The van der Waals surface area contributed by atoms with Crippen molar-refractivity contribution in [3.05, 3.63) is 0 Å². The van der Waals surface area contributed by atoms with Crippen molar-refractivity contribution in [2.75, 3.05) is 26.3 Å². The van der Waals surface area contributed by atoms with E-state index in [4.69, 9.17) is 14.9 Å². The Hall–Kier alpha value is -0.400. The van der Waals surface area contributed by atoms with Crippen molar-refractivity contribution < 1.29 is 24.9 Å². The molecule has 4 N–H and O–H groups in total. The van der Waals surface area contributed by atoms with Gasteiger partial charge >= 0.3 is 5.97 Å². The van der Waals surface area contributed by atoms with E-state index < -0.39 is 18.2 Å². The molecule has 6 nitrogen and oxygen atoms in total. The zero-order valence-electron chi connectivity index (χ0n) is 14.9. The van der Waals surface area contributed by atoms with Gasteiger partial charge in [0.1, 0.15) is 0 Å². The molecule has 0 bridgehead atoms. The summed E-state index contributed by atoms with van der Waals surface area (Å²) in [6, 6.07) is 0. The van der Waals surface area contributed by atoms with E-state index in [9.17, 15) is 9.90 Å². The van der Waals surface area contributed by atoms with E-state index in [1.165, 1.54) is 32.1 Å². The second kappa shape index (κ2) is 18.9. The van der Waals surface area contributed by atoms with Gasteiger partial charge in [0.25, 0.3) is 0 Å². The third kappa shape index (κ3) is 16.5. The molecule has 0 saturated heterocycles. The Morgan fingerprint density at radius 3 is 2.21 bits per heavy atom. The van der Waals surface area contributed by atoms with Gasteiger partial charge in [0.05, 0.1) is 19.3 Å². The fraction of sp³-hybridized carbons (Fsp3) is 0.941. The van der Waals surface area contributed by atoms with Gasteiger partial charge in [-0.3, -0.25) is 0 Å². The number of halogens is 1. The summed E-state index contributed by atoms with van der Waals surface area (Å²) in [5.41, 5.74) is 0. The summed E-state index contributed by atoms with van der Waals surface area (Å²) < 4.78 is 5.30. The van der Waals surface area contributed by atoms with E-state index in [0.29, 0.717) is 13.0 Å². The maximum Gasteiger partial charge on any atom is 0.332 e. The predicted octanol–water partition coefficient (Wildman–Crippen LogP) is 2.35. The monoisotopic (exact) mass is 369 g/mol. The topological polar surface area (TPSA) is 99.0 Å². The highest BCUT2D eigenvalue weighted by molar-refractivity contribution is 5.85. The van der Waals surface area contributed by atoms with E-state index >= 15 is 0 Å². The van der Waals surface area contributed by atoms with Crippen LogP contribution in [0.4, 0.5) is 0 Å². The molecule has 0 spiro atoms. The average molecular weight is 370 g/mol. The number of carboxylic acid groups (broad SMARTS) is 1. The van der Waals surface area contributed by atoms with Crippen LogP contribution in [-0.4, -0.2) is 59.8 Å². The maximum absolute atomic E-state index is 11.2. The molecular weight excluding hydrogens is 334 g/mol. The first-order chi connectivity index (χ1) is 11.1. The Kier molecular flexibility index (Phi) is 20.4. The van der Waals surface area contributed by atoms with Crippen molar-refractivity contribution in [1.29, 1.82) is 0 Å². The number of aliphatic hydroxyl groups is 2. The van der Waals surface area contributed by atoms with Crippen LogP contribution in [0.5, 0.6) is 0 Å². The number of carbonyl (C=O) groups is 1. The lowest BCUT2D eigenvalue weighted by atomic mass is 10.1. The fourth-order valence-electron chi connectivity index (χ4n) is 2.38. The minimum atomic E-state index is -0.969. The number of rotatable bonds is 17. The van der Waals surface area contributed by atoms with Crippen LogP contribution in [0.3, 0.4) is 0 Å². The minimum Gasteiger partial charge on any atom is -0.479 e. The van der Waals surface area contributed by atoms with Gasteiger partial charge in [0.2, 0.25) is 0 Å². The minimum absolute atomic E-state index is 0. The van der Waals surface area contributed by atoms with Crippen LogP contribution in [0, 0.1) is 0 Å². The smallest absolute Gasteiger partial charge is 0.332 e. The molecule has 0 radical (unpaired) electrons. The Bertz CT molecular complexity index is 282. The molecule has 0 aliphatic rings. The van der Waals surface area contributed by atoms with Crippen LogP contribution in [-0.2, 0) is 9.53 Å². The first-order valence-corrected chi connectivity index (χ1v) is 8.95. The van der Waals surface area contributed by atoms with Gasteiger partial charge in [0, 0.05) is 13.1 Å². The normalized spacial score (nSPS) is 13.3. The zero-order chi connectivity index (χ0) is 17.3. The highest BCUT2D eigenvalue weighted by Crippen LogP contribution is 2.12. The van der Waals surface area contributed by atoms with Crippen LogP contribution in [0.2, 0.25) is 0 Å². The quantitative estimate of drug-likeness (QED) is 0.294. The number of hydrogen-bond acceptors (Lipinski definition) is 5. The van der Waals surface area contributed by atoms with Crippen molar-refractivity contribution >= 4 is 18.4 Å². The molecule has 2 atom stereocenters. The van der Waals surface area contributed by atoms with E-state index in [1.807, 2.05) is 0 Å². The summed E-state index contributed by atoms with van der Waals surface area (Å²) >= 11 is 0. The van der Waals surface area contributed by atoms with Crippen molar-refractivity contribution in [2.45, 2.75) is 76.9 Å². The van der Waals surface area contributed by atoms with Crippen molar-refractivity contribution in [1.82, 2.24) is 5.32 Å². The van der Waals surface area contributed by atoms with E-state index in [0.717, 1.165) is 19.3 Å². The average Bonchev–Trinajstić information content (AvgIpc) is 2.52. The molecule has 146 valence electrons. The number of aliphatic hydroxyl groups excluding tert-OH is 2. The van der Waals surface area contributed by atoms with Crippen molar-refractivity contribution in [3.63, 3.8) is 0 Å². The number of aliphatic carboxylic acids is 1. The van der Waals surface area contributed by atoms with Crippen molar-refractivity contribution in [3.8, 4) is 0 Å². The lowest BCUT2D eigenvalue weighted by Crippen LogP contribution is -2.35. The Labute approximate surface area is 152 Å². The third-order valence-electron chi connectivity index (χ3n) is 3.75. The van der Waals surface area contributed by atoms with Gasteiger partial charge in [-0.1, -0.05) is 58.3 Å². The molecule has 0 aliphatic heterocycles. The second-order valence-corrected chi connectivity index (χ2v) is 6.01. The Balaban J connectivity index is 0. The van der Waals surface area contributed by atoms with Crippen LogP contribution in [0.25, 0.3) is 0 Å².